The van der Waals surface area contributed by atoms with E-state index in [1.54, 1.807) is 0 Å². The summed E-state index contributed by atoms with van der Waals surface area (Å²) in [5.41, 5.74) is 5.40. The first-order chi connectivity index (χ1) is 10.6. The molecule has 0 bridgehead atoms. The molecule has 0 spiro atoms. The summed E-state index contributed by atoms with van der Waals surface area (Å²) in [7, 11) is 0. The standard InChI is InChI=1S/C19H20N2O/c1-14-8-7-9-15(2)19(14)22-13-18-12-16(3)20-21(18)17-10-5-4-6-11-17/h4-12H,13H2,1-3H3. The Balaban J connectivity index is 1.88. The van der Waals surface area contributed by atoms with Crippen molar-refractivity contribution in [1.82, 2.24) is 9.78 Å². The number of rotatable bonds is 4. The molecule has 22 heavy (non-hydrogen) atoms. The molecule has 0 aliphatic carbocycles. The van der Waals surface area contributed by atoms with Crippen LogP contribution < -0.4 is 4.74 Å². The van der Waals surface area contributed by atoms with Crippen LogP contribution in [-0.2, 0) is 6.61 Å². The highest BCUT2D eigenvalue weighted by Gasteiger charge is 2.10. The molecule has 0 unspecified atom stereocenters. The third kappa shape index (κ3) is 2.89. The number of para-hydroxylation sites is 2. The fourth-order valence-corrected chi connectivity index (χ4v) is 2.62. The minimum atomic E-state index is 0.501. The van der Waals surface area contributed by atoms with Gasteiger partial charge in [-0.25, -0.2) is 4.68 Å². The largest absolute Gasteiger partial charge is 0.487 e. The molecule has 0 radical (unpaired) electrons. The molecule has 3 rings (SSSR count). The van der Waals surface area contributed by atoms with Gasteiger partial charge in [-0.2, -0.15) is 5.10 Å². The summed E-state index contributed by atoms with van der Waals surface area (Å²) in [4.78, 5) is 0. The Kier molecular flexibility index (Phi) is 3.96. The van der Waals surface area contributed by atoms with Crippen LogP contribution in [0.4, 0.5) is 0 Å². The Hall–Kier alpha value is -2.55. The van der Waals surface area contributed by atoms with Gasteiger partial charge in [-0.15, -0.1) is 0 Å². The Morgan fingerprint density at radius 1 is 0.909 bits per heavy atom. The van der Waals surface area contributed by atoms with Gasteiger partial charge in [0.2, 0.25) is 0 Å². The molecule has 0 N–H and O–H groups in total. The van der Waals surface area contributed by atoms with Crippen molar-refractivity contribution in [2.45, 2.75) is 27.4 Å². The van der Waals surface area contributed by atoms with Gasteiger partial charge in [-0.05, 0) is 50.1 Å². The predicted molar refractivity (Wildman–Crippen MR) is 88.5 cm³/mol. The first-order valence-corrected chi connectivity index (χ1v) is 7.45. The maximum atomic E-state index is 6.07. The molecule has 1 heterocycles. The summed E-state index contributed by atoms with van der Waals surface area (Å²) in [6, 6.07) is 18.4. The second kappa shape index (κ2) is 6.06. The van der Waals surface area contributed by atoms with Crippen molar-refractivity contribution in [2.24, 2.45) is 0 Å². The number of nitrogens with zero attached hydrogens (tertiary/aromatic N) is 2. The van der Waals surface area contributed by atoms with Crippen LogP contribution in [0.1, 0.15) is 22.5 Å². The SMILES string of the molecule is Cc1cc(COc2c(C)cccc2C)n(-c2ccccc2)n1. The van der Waals surface area contributed by atoms with E-state index in [9.17, 15) is 0 Å². The average Bonchev–Trinajstić information content (AvgIpc) is 2.89. The smallest absolute Gasteiger partial charge is 0.130 e. The van der Waals surface area contributed by atoms with Crippen LogP contribution in [0, 0.1) is 20.8 Å². The topological polar surface area (TPSA) is 27.1 Å². The maximum absolute atomic E-state index is 6.07. The van der Waals surface area contributed by atoms with Gasteiger partial charge in [0.15, 0.2) is 0 Å². The monoisotopic (exact) mass is 292 g/mol. The van der Waals surface area contributed by atoms with Crippen LogP contribution in [0.15, 0.2) is 54.6 Å². The van der Waals surface area contributed by atoms with Gasteiger partial charge in [0.25, 0.3) is 0 Å². The van der Waals surface area contributed by atoms with Gasteiger partial charge in [-0.3, -0.25) is 0 Å². The molecule has 0 aliphatic heterocycles. The second-order valence-corrected chi connectivity index (χ2v) is 5.53. The lowest BCUT2D eigenvalue weighted by atomic mass is 10.1. The van der Waals surface area contributed by atoms with Crippen LogP contribution in [0.5, 0.6) is 5.75 Å². The number of aryl methyl sites for hydroxylation is 3. The first kappa shape index (κ1) is 14.4. The molecule has 112 valence electrons. The highest BCUT2D eigenvalue weighted by atomic mass is 16.5. The van der Waals surface area contributed by atoms with E-state index in [2.05, 4.69) is 55.3 Å². The van der Waals surface area contributed by atoms with Crippen molar-refractivity contribution in [1.29, 1.82) is 0 Å². The average molecular weight is 292 g/mol. The lowest BCUT2D eigenvalue weighted by molar-refractivity contribution is 0.293. The zero-order chi connectivity index (χ0) is 15.5. The van der Waals surface area contributed by atoms with Crippen molar-refractivity contribution < 1.29 is 4.74 Å². The minimum Gasteiger partial charge on any atom is -0.487 e. The minimum absolute atomic E-state index is 0.501. The van der Waals surface area contributed by atoms with E-state index in [-0.39, 0.29) is 0 Å². The lowest BCUT2D eigenvalue weighted by Crippen LogP contribution is -2.06. The van der Waals surface area contributed by atoms with E-state index in [1.165, 1.54) is 0 Å². The molecule has 0 atom stereocenters. The number of hydrogen-bond donors (Lipinski definition) is 0. The van der Waals surface area contributed by atoms with Gasteiger partial charge >= 0.3 is 0 Å². The first-order valence-electron chi connectivity index (χ1n) is 7.45. The maximum Gasteiger partial charge on any atom is 0.130 e. The molecule has 0 saturated heterocycles. The van der Waals surface area contributed by atoms with Gasteiger partial charge in [0, 0.05) is 0 Å². The van der Waals surface area contributed by atoms with E-state index in [0.717, 1.165) is 34.0 Å². The third-order valence-electron chi connectivity index (χ3n) is 3.68. The van der Waals surface area contributed by atoms with E-state index < -0.39 is 0 Å². The highest BCUT2D eigenvalue weighted by molar-refractivity contribution is 5.40. The van der Waals surface area contributed by atoms with Gasteiger partial charge in [0.1, 0.15) is 12.4 Å². The molecule has 3 nitrogen and oxygen atoms in total. The highest BCUT2D eigenvalue weighted by Crippen LogP contribution is 2.24. The molecule has 0 aliphatic rings. The summed E-state index contributed by atoms with van der Waals surface area (Å²) in [5.74, 6) is 0.959. The van der Waals surface area contributed by atoms with E-state index >= 15 is 0 Å². The number of benzene rings is 2. The fourth-order valence-electron chi connectivity index (χ4n) is 2.62. The summed E-state index contributed by atoms with van der Waals surface area (Å²) in [6.45, 7) is 6.65. The summed E-state index contributed by atoms with van der Waals surface area (Å²) in [6.07, 6.45) is 0. The van der Waals surface area contributed by atoms with Crippen molar-refractivity contribution in [2.75, 3.05) is 0 Å². The Morgan fingerprint density at radius 3 is 2.27 bits per heavy atom. The van der Waals surface area contributed by atoms with Crippen molar-refractivity contribution in [3.8, 4) is 11.4 Å². The summed E-state index contributed by atoms with van der Waals surface area (Å²) < 4.78 is 8.02. The third-order valence-corrected chi connectivity index (χ3v) is 3.68. The van der Waals surface area contributed by atoms with Gasteiger partial charge in [-0.1, -0.05) is 36.4 Å². The van der Waals surface area contributed by atoms with Crippen LogP contribution in [0.25, 0.3) is 5.69 Å². The van der Waals surface area contributed by atoms with Crippen molar-refractivity contribution in [3.05, 3.63) is 77.1 Å². The van der Waals surface area contributed by atoms with Crippen molar-refractivity contribution >= 4 is 0 Å². The van der Waals surface area contributed by atoms with Crippen LogP contribution in [0.2, 0.25) is 0 Å². The Labute approximate surface area is 131 Å². The molecular formula is C19H20N2O. The molecule has 0 saturated carbocycles. The summed E-state index contributed by atoms with van der Waals surface area (Å²) >= 11 is 0. The van der Waals surface area contributed by atoms with Crippen molar-refractivity contribution in [3.63, 3.8) is 0 Å². The number of aromatic nitrogens is 2. The predicted octanol–water partition coefficient (Wildman–Crippen LogP) is 4.38. The quantitative estimate of drug-likeness (QED) is 0.713. The normalized spacial score (nSPS) is 10.7. The molecule has 3 aromatic rings. The molecular weight excluding hydrogens is 272 g/mol. The molecule has 1 aromatic heterocycles. The van der Waals surface area contributed by atoms with E-state index in [0.29, 0.717) is 6.61 Å². The fraction of sp³-hybridized carbons (Fsp3) is 0.211. The van der Waals surface area contributed by atoms with Crippen LogP contribution in [0.3, 0.4) is 0 Å². The van der Waals surface area contributed by atoms with Crippen LogP contribution >= 0.6 is 0 Å². The Bertz CT molecular complexity index is 755. The zero-order valence-corrected chi connectivity index (χ0v) is 13.2. The second-order valence-electron chi connectivity index (χ2n) is 5.53. The molecule has 0 fully saturated rings. The van der Waals surface area contributed by atoms with Gasteiger partial charge in [0.05, 0.1) is 17.1 Å². The van der Waals surface area contributed by atoms with Crippen LogP contribution in [-0.4, -0.2) is 9.78 Å². The lowest BCUT2D eigenvalue weighted by Gasteiger charge is -2.13. The molecule has 2 aromatic carbocycles. The number of hydrogen-bond acceptors (Lipinski definition) is 2. The Morgan fingerprint density at radius 2 is 1.59 bits per heavy atom. The van der Waals surface area contributed by atoms with E-state index in [4.69, 9.17) is 4.74 Å². The van der Waals surface area contributed by atoms with Gasteiger partial charge < -0.3 is 4.74 Å². The summed E-state index contributed by atoms with van der Waals surface area (Å²) in [5, 5.41) is 4.57. The van der Waals surface area contributed by atoms with E-state index in [1.807, 2.05) is 29.8 Å². The zero-order valence-electron chi connectivity index (χ0n) is 13.2. The molecule has 3 heteroatoms. The number of ether oxygens (including phenoxy) is 1. The molecule has 0 amide bonds.